The summed E-state index contributed by atoms with van der Waals surface area (Å²) in [5, 5.41) is 10.6. The molecular weight excluding hydrogens is 497 g/mol. The molecular formula is C36H22S2. The van der Waals surface area contributed by atoms with Gasteiger partial charge in [-0.15, -0.1) is 11.3 Å². The predicted octanol–water partition coefficient (Wildman–Crippen LogP) is 11.3. The zero-order chi connectivity index (χ0) is 25.1. The first-order chi connectivity index (χ1) is 18.8. The van der Waals surface area contributed by atoms with Crippen molar-refractivity contribution < 1.29 is 0 Å². The molecule has 0 aliphatic carbocycles. The fraction of sp³-hybridized carbons (Fsp3) is 0. The van der Waals surface area contributed by atoms with Crippen LogP contribution in [-0.2, 0) is 0 Å². The lowest BCUT2D eigenvalue weighted by Crippen LogP contribution is -1.84. The zero-order valence-corrected chi connectivity index (χ0v) is 22.2. The molecule has 0 atom stereocenters. The lowest BCUT2D eigenvalue weighted by Gasteiger charge is -2.12. The number of hydrogen-bond donors (Lipinski definition) is 0. The van der Waals surface area contributed by atoms with Crippen molar-refractivity contribution >= 4 is 75.6 Å². The highest BCUT2D eigenvalue weighted by Crippen LogP contribution is 2.42. The van der Waals surface area contributed by atoms with Gasteiger partial charge in [0, 0.05) is 30.0 Å². The van der Waals surface area contributed by atoms with Crippen molar-refractivity contribution in [2.75, 3.05) is 0 Å². The Morgan fingerprint density at radius 3 is 1.74 bits per heavy atom. The van der Waals surface area contributed by atoms with Crippen LogP contribution in [-0.4, -0.2) is 0 Å². The maximum absolute atomic E-state index is 2.37. The third-order valence-corrected chi connectivity index (χ3v) is 9.70. The number of fused-ring (bicyclic) bond motifs is 9. The van der Waals surface area contributed by atoms with Crippen LogP contribution in [0, 0.1) is 0 Å². The second kappa shape index (κ2) is 8.73. The van der Waals surface area contributed by atoms with Crippen LogP contribution < -0.4 is 0 Å². The Hall–Kier alpha value is -4.11. The van der Waals surface area contributed by atoms with Crippen LogP contribution in [0.2, 0.25) is 0 Å². The van der Waals surface area contributed by atoms with Crippen LogP contribution in [0.1, 0.15) is 0 Å². The molecule has 0 N–H and O–H groups in total. The van der Waals surface area contributed by atoms with E-state index in [1.54, 1.807) is 0 Å². The molecule has 0 amide bonds. The predicted molar refractivity (Wildman–Crippen MR) is 168 cm³/mol. The molecule has 0 spiro atoms. The van der Waals surface area contributed by atoms with E-state index >= 15 is 0 Å². The Kier molecular flexibility index (Phi) is 5.04. The number of benzene rings is 7. The van der Waals surface area contributed by atoms with Crippen LogP contribution in [0.15, 0.2) is 143 Å². The lowest BCUT2D eigenvalue weighted by molar-refractivity contribution is 1.42. The van der Waals surface area contributed by atoms with Gasteiger partial charge in [-0.25, -0.2) is 0 Å². The maximum Gasteiger partial charge on any atom is 0.0433 e. The Bertz CT molecular complexity index is 2130. The molecule has 0 nitrogen and oxygen atoms in total. The summed E-state index contributed by atoms with van der Waals surface area (Å²) in [4.78, 5) is 2.51. The van der Waals surface area contributed by atoms with Crippen LogP contribution in [0.5, 0.6) is 0 Å². The standard InChI is InChI=1S/C36H22S2/c1-2-13-29-27(11-1)28-12-3-4-14-30(28)34-22-25(19-20-31(29)34)37-24-10-7-9-23(21-24)26-16-8-17-33-32-15-5-6-18-35(32)38-36(26)33/h1-22H. The topological polar surface area (TPSA) is 0 Å². The molecule has 0 saturated carbocycles. The first-order valence-corrected chi connectivity index (χ1v) is 14.5. The highest BCUT2D eigenvalue weighted by atomic mass is 32.2. The van der Waals surface area contributed by atoms with Crippen molar-refractivity contribution in [2.24, 2.45) is 0 Å². The Morgan fingerprint density at radius 1 is 0.395 bits per heavy atom. The molecule has 7 aromatic carbocycles. The molecule has 1 aromatic heterocycles. The molecule has 178 valence electrons. The third kappa shape index (κ3) is 3.45. The van der Waals surface area contributed by atoms with Crippen molar-refractivity contribution in [1.29, 1.82) is 0 Å². The summed E-state index contributed by atoms with van der Waals surface area (Å²) in [6.45, 7) is 0. The minimum absolute atomic E-state index is 1.25. The molecule has 8 aromatic rings. The van der Waals surface area contributed by atoms with Gasteiger partial charge < -0.3 is 0 Å². The highest BCUT2D eigenvalue weighted by Gasteiger charge is 2.12. The third-order valence-electron chi connectivity index (χ3n) is 7.50. The molecule has 2 heteroatoms. The molecule has 0 bridgehead atoms. The molecule has 0 radical (unpaired) electrons. The Balaban J connectivity index is 1.24. The van der Waals surface area contributed by atoms with Crippen molar-refractivity contribution in [3.63, 3.8) is 0 Å². The molecule has 0 aliphatic heterocycles. The first kappa shape index (κ1) is 21.9. The van der Waals surface area contributed by atoms with Gasteiger partial charge in [0.2, 0.25) is 0 Å². The van der Waals surface area contributed by atoms with Crippen LogP contribution in [0.3, 0.4) is 0 Å². The fourth-order valence-corrected chi connectivity index (χ4v) is 7.94. The summed E-state index contributed by atoms with van der Waals surface area (Å²) >= 11 is 3.73. The van der Waals surface area contributed by atoms with Crippen LogP contribution in [0.4, 0.5) is 0 Å². The number of rotatable bonds is 3. The smallest absolute Gasteiger partial charge is 0.0433 e. The zero-order valence-electron chi connectivity index (χ0n) is 20.5. The summed E-state index contributed by atoms with van der Waals surface area (Å²) in [6.07, 6.45) is 0. The molecule has 38 heavy (non-hydrogen) atoms. The minimum atomic E-state index is 1.25. The van der Waals surface area contributed by atoms with Gasteiger partial charge in [-0.1, -0.05) is 115 Å². The van der Waals surface area contributed by atoms with Gasteiger partial charge in [0.1, 0.15) is 0 Å². The number of hydrogen-bond acceptors (Lipinski definition) is 2. The SMILES string of the molecule is c1cc(Sc2ccc3c4ccccc4c4ccccc4c3c2)cc(-c2cccc3c2sc2ccccc23)c1. The second-order valence-electron chi connectivity index (χ2n) is 9.71. The van der Waals surface area contributed by atoms with Crippen molar-refractivity contribution in [1.82, 2.24) is 0 Å². The van der Waals surface area contributed by atoms with Gasteiger partial charge >= 0.3 is 0 Å². The van der Waals surface area contributed by atoms with E-state index in [9.17, 15) is 0 Å². The first-order valence-electron chi connectivity index (χ1n) is 12.9. The average Bonchev–Trinajstić information content (AvgIpc) is 3.36. The summed E-state index contributed by atoms with van der Waals surface area (Å²) < 4.78 is 2.70. The number of thiophene rings is 1. The summed E-state index contributed by atoms with van der Waals surface area (Å²) in [5.74, 6) is 0. The van der Waals surface area contributed by atoms with Crippen molar-refractivity contribution in [3.8, 4) is 11.1 Å². The van der Waals surface area contributed by atoms with E-state index in [4.69, 9.17) is 0 Å². The summed E-state index contributed by atoms with van der Waals surface area (Å²) in [5.41, 5.74) is 2.58. The highest BCUT2D eigenvalue weighted by molar-refractivity contribution is 7.99. The lowest BCUT2D eigenvalue weighted by atomic mass is 9.94. The van der Waals surface area contributed by atoms with E-state index in [-0.39, 0.29) is 0 Å². The van der Waals surface area contributed by atoms with Crippen LogP contribution >= 0.6 is 23.1 Å². The van der Waals surface area contributed by atoms with E-state index in [1.807, 2.05) is 23.1 Å². The van der Waals surface area contributed by atoms with Crippen molar-refractivity contribution in [2.45, 2.75) is 9.79 Å². The molecule has 0 saturated heterocycles. The van der Waals surface area contributed by atoms with E-state index in [2.05, 4.69) is 133 Å². The Labute approximate surface area is 229 Å². The largest absolute Gasteiger partial charge is 0.135 e. The van der Waals surface area contributed by atoms with E-state index in [1.165, 1.54) is 73.4 Å². The quantitative estimate of drug-likeness (QED) is 0.210. The van der Waals surface area contributed by atoms with Gasteiger partial charge in [-0.2, -0.15) is 0 Å². The van der Waals surface area contributed by atoms with Gasteiger partial charge in [0.25, 0.3) is 0 Å². The van der Waals surface area contributed by atoms with Gasteiger partial charge in [-0.05, 0) is 73.8 Å². The van der Waals surface area contributed by atoms with Gasteiger partial charge in [-0.3, -0.25) is 0 Å². The monoisotopic (exact) mass is 518 g/mol. The average molecular weight is 519 g/mol. The fourth-order valence-electron chi connectivity index (χ4n) is 5.79. The minimum Gasteiger partial charge on any atom is -0.135 e. The molecule has 0 unspecified atom stereocenters. The molecule has 0 fully saturated rings. The van der Waals surface area contributed by atoms with Gasteiger partial charge in [0.15, 0.2) is 0 Å². The summed E-state index contributed by atoms with van der Waals surface area (Å²) in [6, 6.07) is 48.9. The van der Waals surface area contributed by atoms with E-state index in [0.29, 0.717) is 0 Å². The molecule has 0 aliphatic rings. The Morgan fingerprint density at radius 2 is 0.974 bits per heavy atom. The molecule has 1 heterocycles. The van der Waals surface area contributed by atoms with Gasteiger partial charge in [0.05, 0.1) is 0 Å². The van der Waals surface area contributed by atoms with Crippen molar-refractivity contribution in [3.05, 3.63) is 133 Å². The molecule has 8 rings (SSSR count). The van der Waals surface area contributed by atoms with Crippen LogP contribution in [0.25, 0.3) is 63.6 Å². The maximum atomic E-state index is 2.37. The second-order valence-corrected chi connectivity index (χ2v) is 11.9. The summed E-state index contributed by atoms with van der Waals surface area (Å²) in [7, 11) is 0. The normalized spacial score (nSPS) is 11.8. The van der Waals surface area contributed by atoms with E-state index < -0.39 is 0 Å². The van der Waals surface area contributed by atoms with E-state index in [0.717, 1.165) is 0 Å².